The fraction of sp³-hybridized carbons (Fsp3) is 0.833. The average molecular weight is 99.2 g/mol. The minimum atomic E-state index is 0.417. The van der Waals surface area contributed by atoms with E-state index < -0.39 is 0 Å². The summed E-state index contributed by atoms with van der Waals surface area (Å²) in [6.45, 7) is 9.78. The van der Waals surface area contributed by atoms with Gasteiger partial charge in [0.15, 0.2) is 0 Å². The van der Waals surface area contributed by atoms with Gasteiger partial charge in [0.25, 0.3) is 0 Å². The van der Waals surface area contributed by atoms with E-state index in [4.69, 9.17) is 0 Å². The van der Waals surface area contributed by atoms with E-state index in [2.05, 4.69) is 32.5 Å². The van der Waals surface area contributed by atoms with Crippen molar-refractivity contribution in [3.8, 4) is 0 Å². The van der Waals surface area contributed by atoms with E-state index in [1.807, 2.05) is 0 Å². The summed E-state index contributed by atoms with van der Waals surface area (Å²) >= 11 is 0. The van der Waals surface area contributed by atoms with Gasteiger partial charge in [0.2, 0.25) is 0 Å². The molecular weight excluding hydrogens is 86.1 g/mol. The first-order valence-corrected chi connectivity index (χ1v) is 2.64. The SMILES string of the molecule is C=N[C@H](C)C(C)C. The maximum absolute atomic E-state index is 3.84. The van der Waals surface area contributed by atoms with E-state index in [1.54, 1.807) is 0 Å². The zero-order valence-electron chi connectivity index (χ0n) is 5.31. The van der Waals surface area contributed by atoms with Crippen LogP contribution in [0.4, 0.5) is 0 Å². The van der Waals surface area contributed by atoms with Crippen molar-refractivity contribution in [2.75, 3.05) is 0 Å². The molecule has 1 atom stereocenters. The first-order chi connectivity index (χ1) is 3.18. The highest BCUT2D eigenvalue weighted by molar-refractivity contribution is 5.24. The summed E-state index contributed by atoms with van der Waals surface area (Å²) in [7, 11) is 0. The molecule has 7 heavy (non-hydrogen) atoms. The second-order valence-electron chi connectivity index (χ2n) is 2.17. The Morgan fingerprint density at radius 2 is 1.71 bits per heavy atom. The van der Waals surface area contributed by atoms with Crippen LogP contribution in [0.5, 0.6) is 0 Å². The van der Waals surface area contributed by atoms with Gasteiger partial charge in [0.05, 0.1) is 0 Å². The normalized spacial score (nSPS) is 14.3. The van der Waals surface area contributed by atoms with Crippen molar-refractivity contribution >= 4 is 6.72 Å². The quantitative estimate of drug-likeness (QED) is 0.467. The molecule has 0 aromatic rings. The Kier molecular flexibility index (Phi) is 2.65. The summed E-state index contributed by atoms with van der Waals surface area (Å²) in [5.41, 5.74) is 0. The number of rotatable bonds is 2. The van der Waals surface area contributed by atoms with Gasteiger partial charge in [0.1, 0.15) is 0 Å². The van der Waals surface area contributed by atoms with E-state index in [0.717, 1.165) is 0 Å². The first-order valence-electron chi connectivity index (χ1n) is 2.64. The lowest BCUT2D eigenvalue weighted by Crippen LogP contribution is -2.05. The zero-order chi connectivity index (χ0) is 5.86. The molecule has 0 aliphatic rings. The number of hydrogen-bond donors (Lipinski definition) is 0. The van der Waals surface area contributed by atoms with Crippen molar-refractivity contribution in [3.63, 3.8) is 0 Å². The molecule has 0 fully saturated rings. The van der Waals surface area contributed by atoms with Crippen LogP contribution in [0.1, 0.15) is 20.8 Å². The summed E-state index contributed by atoms with van der Waals surface area (Å²) in [5, 5.41) is 0. The van der Waals surface area contributed by atoms with Crippen molar-refractivity contribution in [2.24, 2.45) is 10.9 Å². The fourth-order valence-corrected chi connectivity index (χ4v) is 0.211. The largest absolute Gasteiger partial charge is 0.298 e. The van der Waals surface area contributed by atoms with Crippen molar-refractivity contribution in [2.45, 2.75) is 26.8 Å². The van der Waals surface area contributed by atoms with E-state index in [1.165, 1.54) is 0 Å². The Bertz CT molecular complexity index is 57.2. The second kappa shape index (κ2) is 2.78. The maximum atomic E-state index is 3.84. The lowest BCUT2D eigenvalue weighted by molar-refractivity contribution is 0.534. The van der Waals surface area contributed by atoms with Crippen LogP contribution < -0.4 is 0 Å². The highest BCUT2D eigenvalue weighted by Gasteiger charge is 1.99. The van der Waals surface area contributed by atoms with Crippen LogP contribution in [-0.4, -0.2) is 12.8 Å². The number of aliphatic imine (C=N–C) groups is 1. The van der Waals surface area contributed by atoms with Gasteiger partial charge in [-0.1, -0.05) is 13.8 Å². The van der Waals surface area contributed by atoms with Gasteiger partial charge in [-0.15, -0.1) is 0 Å². The van der Waals surface area contributed by atoms with E-state index >= 15 is 0 Å². The standard InChI is InChI=1S/C6H13N/c1-5(2)6(3)7-4/h5-6H,4H2,1-3H3/t6-/m1/s1. The zero-order valence-corrected chi connectivity index (χ0v) is 5.31. The highest BCUT2D eigenvalue weighted by atomic mass is 14.7. The lowest BCUT2D eigenvalue weighted by Gasteiger charge is -2.06. The number of hydrogen-bond acceptors (Lipinski definition) is 1. The summed E-state index contributed by atoms with van der Waals surface area (Å²) in [4.78, 5) is 3.84. The van der Waals surface area contributed by atoms with E-state index in [-0.39, 0.29) is 0 Å². The van der Waals surface area contributed by atoms with E-state index in [9.17, 15) is 0 Å². The highest BCUT2D eigenvalue weighted by Crippen LogP contribution is 2.02. The second-order valence-corrected chi connectivity index (χ2v) is 2.17. The molecule has 0 heterocycles. The molecule has 0 saturated carbocycles. The predicted octanol–water partition coefficient (Wildman–Crippen LogP) is 1.73. The third-order valence-electron chi connectivity index (χ3n) is 1.25. The van der Waals surface area contributed by atoms with Gasteiger partial charge in [-0.05, 0) is 19.6 Å². The van der Waals surface area contributed by atoms with Crippen LogP contribution in [0.15, 0.2) is 4.99 Å². The molecule has 1 heteroatoms. The van der Waals surface area contributed by atoms with Crippen LogP contribution in [0.3, 0.4) is 0 Å². The molecule has 0 aliphatic carbocycles. The van der Waals surface area contributed by atoms with Crippen molar-refractivity contribution in [1.82, 2.24) is 0 Å². The van der Waals surface area contributed by atoms with Crippen molar-refractivity contribution in [1.29, 1.82) is 0 Å². The van der Waals surface area contributed by atoms with Gasteiger partial charge in [-0.3, -0.25) is 4.99 Å². The molecular formula is C6H13N. The molecule has 0 bridgehead atoms. The molecule has 0 aliphatic heterocycles. The van der Waals surface area contributed by atoms with E-state index in [0.29, 0.717) is 12.0 Å². The van der Waals surface area contributed by atoms with Crippen molar-refractivity contribution < 1.29 is 0 Å². The predicted molar refractivity (Wildman–Crippen MR) is 33.8 cm³/mol. The minimum Gasteiger partial charge on any atom is -0.298 e. The molecule has 0 aromatic heterocycles. The molecule has 0 radical (unpaired) electrons. The Morgan fingerprint density at radius 3 is 1.71 bits per heavy atom. The molecule has 0 rings (SSSR count). The fourth-order valence-electron chi connectivity index (χ4n) is 0.211. The van der Waals surface area contributed by atoms with Crippen LogP contribution in [0.2, 0.25) is 0 Å². The van der Waals surface area contributed by atoms with Gasteiger partial charge < -0.3 is 0 Å². The molecule has 1 nitrogen and oxygen atoms in total. The Hall–Kier alpha value is -0.330. The first kappa shape index (κ1) is 6.67. The average Bonchev–Trinajstić information content (AvgIpc) is 1.65. The minimum absolute atomic E-state index is 0.417. The van der Waals surface area contributed by atoms with Crippen LogP contribution in [-0.2, 0) is 0 Å². The molecule has 42 valence electrons. The van der Waals surface area contributed by atoms with Gasteiger partial charge >= 0.3 is 0 Å². The van der Waals surface area contributed by atoms with Crippen LogP contribution in [0.25, 0.3) is 0 Å². The van der Waals surface area contributed by atoms with Gasteiger partial charge in [-0.2, -0.15) is 0 Å². The topological polar surface area (TPSA) is 12.4 Å². The molecule has 0 amide bonds. The summed E-state index contributed by atoms with van der Waals surface area (Å²) in [6.07, 6.45) is 0. The van der Waals surface area contributed by atoms with Gasteiger partial charge in [-0.25, -0.2) is 0 Å². The Balaban J connectivity index is 3.33. The van der Waals surface area contributed by atoms with Crippen LogP contribution >= 0.6 is 0 Å². The maximum Gasteiger partial charge on any atom is 0.0487 e. The third-order valence-corrected chi connectivity index (χ3v) is 1.25. The smallest absolute Gasteiger partial charge is 0.0487 e. The Morgan fingerprint density at radius 1 is 1.29 bits per heavy atom. The summed E-state index contributed by atoms with van der Waals surface area (Å²) in [6, 6.07) is 0.417. The summed E-state index contributed by atoms with van der Waals surface area (Å²) in [5.74, 6) is 0.637. The third kappa shape index (κ3) is 2.38. The molecule has 0 aromatic carbocycles. The molecule has 0 N–H and O–H groups in total. The van der Waals surface area contributed by atoms with Crippen molar-refractivity contribution in [3.05, 3.63) is 0 Å². The Labute approximate surface area is 45.5 Å². The summed E-state index contributed by atoms with van der Waals surface area (Å²) < 4.78 is 0. The lowest BCUT2D eigenvalue weighted by atomic mass is 10.1. The monoisotopic (exact) mass is 99.1 g/mol. The number of nitrogens with zero attached hydrogens (tertiary/aromatic N) is 1. The molecule has 0 saturated heterocycles. The molecule has 0 unspecified atom stereocenters. The van der Waals surface area contributed by atoms with Gasteiger partial charge in [0, 0.05) is 6.04 Å². The van der Waals surface area contributed by atoms with Crippen LogP contribution in [0, 0.1) is 5.92 Å². The molecule has 0 spiro atoms.